The van der Waals surface area contributed by atoms with Gasteiger partial charge >= 0.3 is 11.9 Å². The number of hydrogen-bond donors (Lipinski definition) is 1. The number of fused-ring (bicyclic) bond motifs is 2. The molecule has 4 heteroatoms. The SMILES string of the molecule is CC(C)(C)c1cccc2c(OC(=O)C3CC=CCC3C(=O)O)c3c(C(C)(C)C)cccc3cc12. The minimum Gasteiger partial charge on any atom is -0.481 e. The van der Waals surface area contributed by atoms with E-state index >= 15 is 0 Å². The summed E-state index contributed by atoms with van der Waals surface area (Å²) >= 11 is 0. The molecule has 4 rings (SSSR count). The van der Waals surface area contributed by atoms with Crippen LogP contribution in [0.1, 0.15) is 65.5 Å². The number of ether oxygens (including phenoxy) is 1. The van der Waals surface area contributed by atoms with Gasteiger partial charge in [0.2, 0.25) is 0 Å². The molecular weight excluding hydrogens is 424 g/mol. The first kappa shape index (κ1) is 24.0. The minimum atomic E-state index is -0.959. The number of allylic oxidation sites excluding steroid dienone is 2. The third-order valence-corrected chi connectivity index (χ3v) is 6.85. The molecule has 1 aliphatic rings. The van der Waals surface area contributed by atoms with Crippen molar-refractivity contribution in [3.8, 4) is 5.75 Å². The number of benzene rings is 3. The standard InChI is InChI=1S/C30H34O4/c1-29(2,3)23-15-10-14-19-22(23)17-18-11-9-16-24(30(4,5)6)25(18)26(19)34-28(33)21-13-8-7-12-20(21)27(31)32/h7-11,14-17,20-21H,12-13H2,1-6H3,(H,31,32). The lowest BCUT2D eigenvalue weighted by molar-refractivity contribution is -0.152. The Bertz CT molecular complexity index is 1300. The van der Waals surface area contributed by atoms with Crippen molar-refractivity contribution >= 4 is 33.5 Å². The summed E-state index contributed by atoms with van der Waals surface area (Å²) in [7, 11) is 0. The molecule has 4 nitrogen and oxygen atoms in total. The summed E-state index contributed by atoms with van der Waals surface area (Å²) in [4.78, 5) is 25.3. The maximum absolute atomic E-state index is 13.5. The Balaban J connectivity index is 2.00. The fourth-order valence-corrected chi connectivity index (χ4v) is 5.06. The van der Waals surface area contributed by atoms with Gasteiger partial charge in [-0.15, -0.1) is 0 Å². The van der Waals surface area contributed by atoms with Crippen molar-refractivity contribution in [3.05, 3.63) is 65.7 Å². The van der Waals surface area contributed by atoms with Crippen LogP contribution < -0.4 is 4.74 Å². The van der Waals surface area contributed by atoms with Crippen LogP contribution in [0.25, 0.3) is 21.5 Å². The van der Waals surface area contributed by atoms with Crippen LogP contribution >= 0.6 is 0 Å². The molecule has 3 aromatic carbocycles. The third-order valence-electron chi connectivity index (χ3n) is 6.85. The van der Waals surface area contributed by atoms with E-state index in [9.17, 15) is 14.7 Å². The smallest absolute Gasteiger partial charge is 0.315 e. The van der Waals surface area contributed by atoms with Crippen molar-refractivity contribution < 1.29 is 19.4 Å². The molecule has 0 aromatic heterocycles. The largest absolute Gasteiger partial charge is 0.481 e. The number of carbonyl (C=O) groups excluding carboxylic acids is 1. The summed E-state index contributed by atoms with van der Waals surface area (Å²) in [6.07, 6.45) is 4.43. The van der Waals surface area contributed by atoms with Gasteiger partial charge in [-0.2, -0.15) is 0 Å². The first-order valence-corrected chi connectivity index (χ1v) is 12.0. The van der Waals surface area contributed by atoms with E-state index in [0.717, 1.165) is 27.1 Å². The summed E-state index contributed by atoms with van der Waals surface area (Å²) in [5.74, 6) is -2.38. The van der Waals surface area contributed by atoms with Crippen molar-refractivity contribution in [1.82, 2.24) is 0 Å². The maximum Gasteiger partial charge on any atom is 0.315 e. The van der Waals surface area contributed by atoms with E-state index in [4.69, 9.17) is 4.74 Å². The number of aliphatic carboxylic acids is 1. The second-order valence-corrected chi connectivity index (χ2v) is 11.4. The highest BCUT2D eigenvalue weighted by Gasteiger charge is 2.36. The predicted octanol–water partition coefficient (Wildman–Crippen LogP) is 7.16. The van der Waals surface area contributed by atoms with Crippen molar-refractivity contribution in [2.75, 3.05) is 0 Å². The number of carbonyl (C=O) groups is 2. The van der Waals surface area contributed by atoms with Gasteiger partial charge in [0.25, 0.3) is 0 Å². The van der Waals surface area contributed by atoms with Crippen LogP contribution in [-0.4, -0.2) is 17.0 Å². The van der Waals surface area contributed by atoms with E-state index in [0.29, 0.717) is 18.6 Å². The summed E-state index contributed by atoms with van der Waals surface area (Å²) in [6, 6.07) is 14.5. The Kier molecular flexibility index (Phi) is 6.05. The van der Waals surface area contributed by atoms with Gasteiger partial charge in [0.15, 0.2) is 0 Å². The molecule has 0 heterocycles. The van der Waals surface area contributed by atoms with Crippen molar-refractivity contribution in [2.45, 2.75) is 65.2 Å². The molecule has 0 saturated heterocycles. The second-order valence-electron chi connectivity index (χ2n) is 11.4. The first-order valence-electron chi connectivity index (χ1n) is 12.0. The van der Waals surface area contributed by atoms with Gasteiger partial charge in [-0.05, 0) is 51.6 Å². The van der Waals surface area contributed by atoms with Crippen molar-refractivity contribution in [1.29, 1.82) is 0 Å². The van der Waals surface area contributed by atoms with Gasteiger partial charge in [0.05, 0.1) is 11.8 Å². The van der Waals surface area contributed by atoms with E-state index in [-0.39, 0.29) is 10.8 Å². The predicted molar refractivity (Wildman–Crippen MR) is 137 cm³/mol. The molecule has 1 aliphatic carbocycles. The summed E-state index contributed by atoms with van der Waals surface area (Å²) in [6.45, 7) is 13.0. The Morgan fingerprint density at radius 2 is 1.41 bits per heavy atom. The fourth-order valence-electron chi connectivity index (χ4n) is 5.06. The lowest BCUT2D eigenvalue weighted by atomic mass is 9.80. The molecule has 178 valence electrons. The Labute approximate surface area is 201 Å². The molecule has 0 spiro atoms. The van der Waals surface area contributed by atoms with E-state index in [2.05, 4.69) is 65.8 Å². The molecular formula is C30H34O4. The molecule has 0 bridgehead atoms. The molecule has 0 fully saturated rings. The average molecular weight is 459 g/mol. The lowest BCUT2D eigenvalue weighted by Crippen LogP contribution is -2.33. The van der Waals surface area contributed by atoms with E-state index in [1.54, 1.807) is 0 Å². The van der Waals surface area contributed by atoms with E-state index < -0.39 is 23.8 Å². The van der Waals surface area contributed by atoms with Crippen LogP contribution in [0, 0.1) is 11.8 Å². The molecule has 2 unspecified atom stereocenters. The highest BCUT2D eigenvalue weighted by molar-refractivity contribution is 6.09. The van der Waals surface area contributed by atoms with Gasteiger partial charge in [0.1, 0.15) is 5.75 Å². The fraction of sp³-hybridized carbons (Fsp3) is 0.400. The van der Waals surface area contributed by atoms with E-state index in [1.807, 2.05) is 30.4 Å². The number of carboxylic acid groups (broad SMARTS) is 1. The van der Waals surface area contributed by atoms with Crippen molar-refractivity contribution in [3.63, 3.8) is 0 Å². The summed E-state index contributed by atoms with van der Waals surface area (Å²) in [5.41, 5.74) is 2.00. The monoisotopic (exact) mass is 458 g/mol. The van der Waals surface area contributed by atoms with Gasteiger partial charge in [0, 0.05) is 10.8 Å². The van der Waals surface area contributed by atoms with Gasteiger partial charge in [-0.25, -0.2) is 0 Å². The number of esters is 1. The molecule has 0 radical (unpaired) electrons. The number of carboxylic acids is 1. The second kappa shape index (κ2) is 8.57. The summed E-state index contributed by atoms with van der Waals surface area (Å²) < 4.78 is 6.23. The van der Waals surface area contributed by atoms with E-state index in [1.165, 1.54) is 5.56 Å². The highest BCUT2D eigenvalue weighted by Crippen LogP contribution is 2.44. The maximum atomic E-state index is 13.5. The topological polar surface area (TPSA) is 63.6 Å². The molecule has 2 atom stereocenters. The zero-order valence-electron chi connectivity index (χ0n) is 20.9. The molecule has 0 aliphatic heterocycles. The summed E-state index contributed by atoms with van der Waals surface area (Å²) in [5, 5.41) is 13.6. The van der Waals surface area contributed by atoms with Crippen molar-refractivity contribution in [2.24, 2.45) is 11.8 Å². The zero-order valence-corrected chi connectivity index (χ0v) is 20.9. The molecule has 0 amide bonds. The third kappa shape index (κ3) is 4.34. The lowest BCUT2D eigenvalue weighted by Gasteiger charge is -2.27. The van der Waals surface area contributed by atoms with Gasteiger partial charge in [-0.1, -0.05) is 90.1 Å². The van der Waals surface area contributed by atoms with Crippen LogP contribution in [0.5, 0.6) is 5.75 Å². The number of rotatable bonds is 3. The Morgan fingerprint density at radius 1 is 0.824 bits per heavy atom. The van der Waals surface area contributed by atoms with Crippen LogP contribution in [0.15, 0.2) is 54.6 Å². The first-order chi connectivity index (χ1) is 15.9. The van der Waals surface area contributed by atoms with Gasteiger partial charge < -0.3 is 9.84 Å². The Morgan fingerprint density at radius 3 is 2.03 bits per heavy atom. The normalized spacial score (nSPS) is 18.9. The minimum absolute atomic E-state index is 0.0985. The molecule has 1 N–H and O–H groups in total. The van der Waals surface area contributed by atoms with Crippen LogP contribution in [0.4, 0.5) is 0 Å². The van der Waals surface area contributed by atoms with Crippen LogP contribution in [0.3, 0.4) is 0 Å². The zero-order chi connectivity index (χ0) is 24.8. The highest BCUT2D eigenvalue weighted by atomic mass is 16.5. The van der Waals surface area contributed by atoms with Crippen LogP contribution in [0.2, 0.25) is 0 Å². The molecule has 0 saturated carbocycles. The molecule has 34 heavy (non-hydrogen) atoms. The van der Waals surface area contributed by atoms with Gasteiger partial charge in [-0.3, -0.25) is 9.59 Å². The van der Waals surface area contributed by atoms with Crippen LogP contribution in [-0.2, 0) is 20.4 Å². The number of hydrogen-bond acceptors (Lipinski definition) is 3. The average Bonchev–Trinajstić information content (AvgIpc) is 2.76. The quantitative estimate of drug-likeness (QED) is 0.196. The molecule has 3 aromatic rings. The Hall–Kier alpha value is -3.14.